The molecule has 1 unspecified atom stereocenters. The van der Waals surface area contributed by atoms with Gasteiger partial charge in [0.2, 0.25) is 5.89 Å². The van der Waals surface area contributed by atoms with Gasteiger partial charge in [0, 0.05) is 19.3 Å². The summed E-state index contributed by atoms with van der Waals surface area (Å²) in [6, 6.07) is 1.53. The molecule has 0 radical (unpaired) electrons. The van der Waals surface area contributed by atoms with Gasteiger partial charge < -0.3 is 10.3 Å². The van der Waals surface area contributed by atoms with Crippen LogP contribution in [0.15, 0.2) is 23.0 Å². The van der Waals surface area contributed by atoms with Crippen LogP contribution >= 0.6 is 0 Å². The number of aryl methyl sites for hydroxylation is 2. The first-order chi connectivity index (χ1) is 7.18. The van der Waals surface area contributed by atoms with Crippen molar-refractivity contribution in [3.8, 4) is 0 Å². The van der Waals surface area contributed by atoms with Crippen molar-refractivity contribution in [2.24, 2.45) is 5.73 Å². The number of pyridine rings is 1. The third-order valence-electron chi connectivity index (χ3n) is 2.24. The molecule has 0 amide bonds. The molecular formula is C10H12N4O. The average molecular weight is 204 g/mol. The standard InChI is InChI=1S/C10H12N4O/c1-6-3-4-12-5-8(6)9(11)10-13-7(2)15-14-10/h3-5,9H,11H2,1-2H3. The average Bonchev–Trinajstić information content (AvgIpc) is 2.65. The van der Waals surface area contributed by atoms with Crippen molar-refractivity contribution in [2.75, 3.05) is 0 Å². The van der Waals surface area contributed by atoms with E-state index in [0.29, 0.717) is 11.7 Å². The first-order valence-electron chi connectivity index (χ1n) is 4.65. The maximum Gasteiger partial charge on any atom is 0.223 e. The predicted octanol–water partition coefficient (Wildman–Crippen LogP) is 1.13. The summed E-state index contributed by atoms with van der Waals surface area (Å²) in [4.78, 5) is 8.13. The zero-order valence-corrected chi connectivity index (χ0v) is 8.64. The van der Waals surface area contributed by atoms with Gasteiger partial charge in [0.25, 0.3) is 0 Å². The molecule has 0 saturated heterocycles. The zero-order valence-electron chi connectivity index (χ0n) is 8.64. The summed E-state index contributed by atoms with van der Waals surface area (Å²) in [5.41, 5.74) is 7.99. The molecule has 2 aromatic rings. The van der Waals surface area contributed by atoms with E-state index >= 15 is 0 Å². The van der Waals surface area contributed by atoms with Gasteiger partial charge in [-0.3, -0.25) is 4.98 Å². The van der Waals surface area contributed by atoms with Gasteiger partial charge in [-0.2, -0.15) is 4.98 Å². The quantitative estimate of drug-likeness (QED) is 0.793. The van der Waals surface area contributed by atoms with Crippen LogP contribution in [0.3, 0.4) is 0 Å². The van der Waals surface area contributed by atoms with Crippen LogP contribution in [0.5, 0.6) is 0 Å². The SMILES string of the molecule is Cc1nc(C(N)c2cnccc2C)no1. The highest BCUT2D eigenvalue weighted by Crippen LogP contribution is 2.18. The highest BCUT2D eigenvalue weighted by Gasteiger charge is 2.16. The van der Waals surface area contributed by atoms with E-state index < -0.39 is 0 Å². The Bertz CT molecular complexity index is 466. The number of nitrogens with zero attached hydrogens (tertiary/aromatic N) is 3. The lowest BCUT2D eigenvalue weighted by Crippen LogP contribution is -2.15. The summed E-state index contributed by atoms with van der Waals surface area (Å²) in [5.74, 6) is 1.01. The molecule has 0 aliphatic rings. The molecule has 2 heterocycles. The molecule has 2 rings (SSSR count). The molecule has 0 bridgehead atoms. The summed E-state index contributed by atoms with van der Waals surface area (Å²) in [6.45, 7) is 3.71. The summed E-state index contributed by atoms with van der Waals surface area (Å²) in [5, 5.41) is 3.79. The largest absolute Gasteiger partial charge is 0.340 e. The summed E-state index contributed by atoms with van der Waals surface area (Å²) in [6.07, 6.45) is 3.46. The number of aromatic nitrogens is 3. The molecule has 78 valence electrons. The number of hydrogen-bond acceptors (Lipinski definition) is 5. The lowest BCUT2D eigenvalue weighted by Gasteiger charge is -2.09. The molecule has 0 fully saturated rings. The van der Waals surface area contributed by atoms with Crippen molar-refractivity contribution in [1.82, 2.24) is 15.1 Å². The number of nitrogens with two attached hydrogens (primary N) is 1. The van der Waals surface area contributed by atoms with Crippen LogP contribution in [0, 0.1) is 13.8 Å². The van der Waals surface area contributed by atoms with E-state index in [1.165, 1.54) is 0 Å². The second-order valence-corrected chi connectivity index (χ2v) is 3.38. The van der Waals surface area contributed by atoms with Gasteiger partial charge in [-0.1, -0.05) is 5.16 Å². The summed E-state index contributed by atoms with van der Waals surface area (Å²) >= 11 is 0. The number of rotatable bonds is 2. The van der Waals surface area contributed by atoms with E-state index in [1.54, 1.807) is 19.3 Å². The molecule has 0 saturated carbocycles. The monoisotopic (exact) mass is 204 g/mol. The van der Waals surface area contributed by atoms with Gasteiger partial charge in [0.15, 0.2) is 5.82 Å². The van der Waals surface area contributed by atoms with Crippen LogP contribution in [0.1, 0.15) is 28.9 Å². The van der Waals surface area contributed by atoms with E-state index in [1.807, 2.05) is 13.0 Å². The Morgan fingerprint density at radius 2 is 2.20 bits per heavy atom. The molecule has 5 nitrogen and oxygen atoms in total. The lowest BCUT2D eigenvalue weighted by molar-refractivity contribution is 0.385. The molecule has 1 atom stereocenters. The van der Waals surface area contributed by atoms with Crippen molar-refractivity contribution in [3.63, 3.8) is 0 Å². The van der Waals surface area contributed by atoms with E-state index in [4.69, 9.17) is 10.3 Å². The fraction of sp³-hybridized carbons (Fsp3) is 0.300. The summed E-state index contributed by atoms with van der Waals surface area (Å²) < 4.78 is 4.89. The normalized spacial score (nSPS) is 12.7. The second kappa shape index (κ2) is 3.78. The minimum Gasteiger partial charge on any atom is -0.340 e. The van der Waals surface area contributed by atoms with Crippen LogP contribution in [0.25, 0.3) is 0 Å². The molecule has 0 spiro atoms. The van der Waals surface area contributed by atoms with Gasteiger partial charge in [-0.15, -0.1) is 0 Å². The minimum atomic E-state index is -0.379. The number of hydrogen-bond donors (Lipinski definition) is 1. The van der Waals surface area contributed by atoms with E-state index in [0.717, 1.165) is 11.1 Å². The summed E-state index contributed by atoms with van der Waals surface area (Å²) in [7, 11) is 0. The van der Waals surface area contributed by atoms with Gasteiger partial charge in [-0.25, -0.2) is 0 Å². The first-order valence-corrected chi connectivity index (χ1v) is 4.65. The Balaban J connectivity index is 2.36. The Morgan fingerprint density at radius 1 is 1.40 bits per heavy atom. The topological polar surface area (TPSA) is 77.8 Å². The molecule has 5 heteroatoms. The Hall–Kier alpha value is -1.75. The molecule has 0 aromatic carbocycles. The van der Waals surface area contributed by atoms with Crippen molar-refractivity contribution < 1.29 is 4.52 Å². The van der Waals surface area contributed by atoms with Crippen LogP contribution < -0.4 is 5.73 Å². The van der Waals surface area contributed by atoms with Crippen molar-refractivity contribution in [1.29, 1.82) is 0 Å². The third kappa shape index (κ3) is 1.87. The lowest BCUT2D eigenvalue weighted by atomic mass is 10.0. The van der Waals surface area contributed by atoms with Gasteiger partial charge in [-0.05, 0) is 24.1 Å². The molecule has 0 aliphatic heterocycles. The van der Waals surface area contributed by atoms with Crippen molar-refractivity contribution in [3.05, 3.63) is 41.3 Å². The zero-order chi connectivity index (χ0) is 10.8. The van der Waals surface area contributed by atoms with Gasteiger partial charge in [0.05, 0.1) is 6.04 Å². The Labute approximate surface area is 87.3 Å². The van der Waals surface area contributed by atoms with Gasteiger partial charge >= 0.3 is 0 Å². The smallest absolute Gasteiger partial charge is 0.223 e. The minimum absolute atomic E-state index is 0.379. The van der Waals surface area contributed by atoms with Crippen molar-refractivity contribution in [2.45, 2.75) is 19.9 Å². The predicted molar refractivity (Wildman–Crippen MR) is 54.0 cm³/mol. The van der Waals surface area contributed by atoms with E-state index in [-0.39, 0.29) is 6.04 Å². The molecule has 15 heavy (non-hydrogen) atoms. The molecule has 2 aromatic heterocycles. The van der Waals surface area contributed by atoms with Crippen molar-refractivity contribution >= 4 is 0 Å². The third-order valence-corrected chi connectivity index (χ3v) is 2.24. The molecule has 2 N–H and O–H groups in total. The fourth-order valence-electron chi connectivity index (χ4n) is 1.38. The molecular weight excluding hydrogens is 192 g/mol. The van der Waals surface area contributed by atoms with Crippen LogP contribution in [-0.4, -0.2) is 15.1 Å². The van der Waals surface area contributed by atoms with E-state index in [2.05, 4.69) is 15.1 Å². The molecule has 0 aliphatic carbocycles. The maximum atomic E-state index is 6.01. The Morgan fingerprint density at radius 3 is 2.80 bits per heavy atom. The maximum absolute atomic E-state index is 6.01. The van der Waals surface area contributed by atoms with E-state index in [9.17, 15) is 0 Å². The Kier molecular flexibility index (Phi) is 2.47. The fourth-order valence-corrected chi connectivity index (χ4v) is 1.38. The van der Waals surface area contributed by atoms with Crippen LogP contribution in [-0.2, 0) is 0 Å². The first kappa shape index (κ1) is 9.79. The highest BCUT2D eigenvalue weighted by molar-refractivity contribution is 5.28. The van der Waals surface area contributed by atoms with Crippen LogP contribution in [0.4, 0.5) is 0 Å². The van der Waals surface area contributed by atoms with Crippen LogP contribution in [0.2, 0.25) is 0 Å². The highest BCUT2D eigenvalue weighted by atomic mass is 16.5. The van der Waals surface area contributed by atoms with Gasteiger partial charge in [0.1, 0.15) is 0 Å². The second-order valence-electron chi connectivity index (χ2n) is 3.38.